The van der Waals surface area contributed by atoms with Gasteiger partial charge in [-0.2, -0.15) is 0 Å². The van der Waals surface area contributed by atoms with Crippen LogP contribution >= 0.6 is 15.9 Å². The maximum Gasteiger partial charge on any atom is 0.251 e. The third-order valence-corrected chi connectivity index (χ3v) is 5.78. The summed E-state index contributed by atoms with van der Waals surface area (Å²) in [7, 11) is 3.29. The third kappa shape index (κ3) is 3.88. The van der Waals surface area contributed by atoms with E-state index in [0.717, 1.165) is 28.8 Å². The lowest BCUT2D eigenvalue weighted by atomic mass is 9.78. The molecule has 4 nitrogen and oxygen atoms in total. The summed E-state index contributed by atoms with van der Waals surface area (Å²) in [4.78, 5) is 12.5. The Morgan fingerprint density at radius 3 is 2.31 bits per heavy atom. The monoisotopic (exact) mass is 417 g/mol. The predicted octanol–water partition coefficient (Wildman–Crippen LogP) is 4.71. The van der Waals surface area contributed by atoms with E-state index in [4.69, 9.17) is 9.47 Å². The molecule has 1 aliphatic carbocycles. The summed E-state index contributed by atoms with van der Waals surface area (Å²) in [5, 5.41) is 3.14. The molecule has 1 saturated carbocycles. The summed E-state index contributed by atoms with van der Waals surface area (Å²) in [5.41, 5.74) is 1.82. The van der Waals surface area contributed by atoms with Crippen LogP contribution in [0.4, 0.5) is 0 Å². The molecule has 0 heterocycles. The Balaban J connectivity index is 1.80. The summed E-state index contributed by atoms with van der Waals surface area (Å²) in [6.45, 7) is 0.622. The average molecular weight is 418 g/mol. The van der Waals surface area contributed by atoms with Gasteiger partial charge in [0.15, 0.2) is 11.5 Å². The zero-order valence-corrected chi connectivity index (χ0v) is 16.8. The minimum atomic E-state index is -0.0510. The van der Waals surface area contributed by atoms with Gasteiger partial charge in [-0.25, -0.2) is 0 Å². The van der Waals surface area contributed by atoms with Gasteiger partial charge in [0.1, 0.15) is 0 Å². The number of benzene rings is 2. The van der Waals surface area contributed by atoms with Crippen LogP contribution in [0, 0.1) is 0 Å². The van der Waals surface area contributed by atoms with Crippen LogP contribution in [0.3, 0.4) is 0 Å². The second-order valence-corrected chi connectivity index (χ2v) is 7.66. The molecule has 2 aromatic rings. The topological polar surface area (TPSA) is 47.6 Å². The number of rotatable bonds is 6. The van der Waals surface area contributed by atoms with E-state index in [9.17, 15) is 4.79 Å². The van der Waals surface area contributed by atoms with E-state index in [2.05, 4.69) is 33.4 Å². The van der Waals surface area contributed by atoms with E-state index in [-0.39, 0.29) is 11.3 Å². The first-order valence-electron chi connectivity index (χ1n) is 8.84. The SMILES string of the molecule is COc1ccc(C2(CNC(=O)c3ccc(Br)cc3)CCCC2)cc1OC. The Labute approximate surface area is 163 Å². The first-order chi connectivity index (χ1) is 12.6. The van der Waals surface area contributed by atoms with Crippen LogP contribution < -0.4 is 14.8 Å². The summed E-state index contributed by atoms with van der Waals surface area (Å²) < 4.78 is 11.8. The van der Waals surface area contributed by atoms with E-state index in [1.165, 1.54) is 18.4 Å². The molecule has 0 aromatic heterocycles. The number of carbonyl (C=O) groups excluding carboxylic acids is 1. The highest BCUT2D eigenvalue weighted by Crippen LogP contribution is 2.43. The van der Waals surface area contributed by atoms with Crippen LogP contribution in [0.5, 0.6) is 11.5 Å². The average Bonchev–Trinajstić information content (AvgIpc) is 3.16. The van der Waals surface area contributed by atoms with Crippen molar-refractivity contribution in [2.75, 3.05) is 20.8 Å². The van der Waals surface area contributed by atoms with Gasteiger partial charge in [0.05, 0.1) is 14.2 Å². The second-order valence-electron chi connectivity index (χ2n) is 6.75. The standard InChI is InChI=1S/C21H24BrNO3/c1-25-18-10-7-16(13-19(18)26-2)21(11-3-4-12-21)14-23-20(24)15-5-8-17(22)9-6-15/h5-10,13H,3-4,11-12,14H2,1-2H3,(H,23,24). The van der Waals surface area contributed by atoms with E-state index < -0.39 is 0 Å². The minimum absolute atomic E-state index is 0.0377. The molecule has 3 rings (SSSR count). The second kappa shape index (κ2) is 8.12. The van der Waals surface area contributed by atoms with Gasteiger partial charge in [-0.1, -0.05) is 34.8 Å². The van der Waals surface area contributed by atoms with Crippen LogP contribution in [-0.4, -0.2) is 26.7 Å². The van der Waals surface area contributed by atoms with Crippen molar-refractivity contribution in [3.8, 4) is 11.5 Å². The van der Waals surface area contributed by atoms with Crippen molar-refractivity contribution in [3.05, 3.63) is 58.1 Å². The van der Waals surface area contributed by atoms with Crippen molar-refractivity contribution < 1.29 is 14.3 Å². The zero-order valence-electron chi connectivity index (χ0n) is 15.2. The highest BCUT2D eigenvalue weighted by Gasteiger charge is 2.36. The van der Waals surface area contributed by atoms with E-state index in [0.29, 0.717) is 12.1 Å². The highest BCUT2D eigenvalue weighted by atomic mass is 79.9. The highest BCUT2D eigenvalue weighted by molar-refractivity contribution is 9.10. The van der Waals surface area contributed by atoms with Crippen molar-refractivity contribution in [2.24, 2.45) is 0 Å². The Hall–Kier alpha value is -2.01. The van der Waals surface area contributed by atoms with Gasteiger partial charge in [-0.3, -0.25) is 4.79 Å². The van der Waals surface area contributed by atoms with Gasteiger partial charge in [-0.05, 0) is 54.8 Å². The number of methoxy groups -OCH3 is 2. The van der Waals surface area contributed by atoms with Crippen molar-refractivity contribution in [3.63, 3.8) is 0 Å². The quantitative estimate of drug-likeness (QED) is 0.740. The first kappa shape index (κ1) is 18.8. The lowest BCUT2D eigenvalue weighted by Crippen LogP contribution is -2.39. The molecule has 0 aliphatic heterocycles. The van der Waals surface area contributed by atoms with Crippen molar-refractivity contribution in [1.82, 2.24) is 5.32 Å². The van der Waals surface area contributed by atoms with Crippen LogP contribution in [-0.2, 0) is 5.41 Å². The molecule has 1 aliphatic rings. The molecule has 1 amide bonds. The fourth-order valence-corrected chi connectivity index (χ4v) is 4.00. The largest absolute Gasteiger partial charge is 0.493 e. The predicted molar refractivity (Wildman–Crippen MR) is 106 cm³/mol. The number of halogens is 1. The molecule has 0 bridgehead atoms. The van der Waals surface area contributed by atoms with E-state index in [1.54, 1.807) is 14.2 Å². The van der Waals surface area contributed by atoms with Crippen LogP contribution in [0.25, 0.3) is 0 Å². The molecule has 0 atom stereocenters. The van der Waals surface area contributed by atoms with Crippen LogP contribution in [0.2, 0.25) is 0 Å². The zero-order chi connectivity index (χ0) is 18.6. The number of ether oxygens (including phenoxy) is 2. The van der Waals surface area contributed by atoms with E-state index >= 15 is 0 Å². The summed E-state index contributed by atoms with van der Waals surface area (Å²) in [6.07, 6.45) is 4.46. The Morgan fingerprint density at radius 2 is 1.69 bits per heavy atom. The third-order valence-electron chi connectivity index (χ3n) is 5.25. The maximum atomic E-state index is 12.5. The normalized spacial score (nSPS) is 15.5. The van der Waals surface area contributed by atoms with E-state index in [1.807, 2.05) is 30.3 Å². The fraction of sp³-hybridized carbons (Fsp3) is 0.381. The molecule has 0 saturated heterocycles. The molecule has 0 radical (unpaired) electrons. The summed E-state index contributed by atoms with van der Waals surface area (Å²) in [5.74, 6) is 1.42. The number of amides is 1. The molecular formula is C21H24BrNO3. The van der Waals surface area contributed by atoms with Gasteiger partial charge in [0.25, 0.3) is 5.91 Å². The molecule has 138 valence electrons. The Bertz CT molecular complexity index is 767. The Kier molecular flexibility index (Phi) is 5.87. The minimum Gasteiger partial charge on any atom is -0.493 e. The van der Waals surface area contributed by atoms with Crippen LogP contribution in [0.1, 0.15) is 41.6 Å². The van der Waals surface area contributed by atoms with Crippen molar-refractivity contribution in [1.29, 1.82) is 0 Å². The maximum absolute atomic E-state index is 12.5. The number of hydrogen-bond acceptors (Lipinski definition) is 3. The molecule has 0 unspecified atom stereocenters. The van der Waals surface area contributed by atoms with Gasteiger partial charge in [0.2, 0.25) is 0 Å². The van der Waals surface area contributed by atoms with Gasteiger partial charge < -0.3 is 14.8 Å². The Morgan fingerprint density at radius 1 is 1.04 bits per heavy atom. The lowest BCUT2D eigenvalue weighted by Gasteiger charge is -2.30. The smallest absolute Gasteiger partial charge is 0.251 e. The lowest BCUT2D eigenvalue weighted by molar-refractivity contribution is 0.0943. The fourth-order valence-electron chi connectivity index (χ4n) is 3.74. The molecule has 26 heavy (non-hydrogen) atoms. The first-order valence-corrected chi connectivity index (χ1v) is 9.63. The number of hydrogen-bond donors (Lipinski definition) is 1. The number of nitrogens with one attached hydrogen (secondary N) is 1. The molecule has 1 fully saturated rings. The van der Waals surface area contributed by atoms with Gasteiger partial charge in [-0.15, -0.1) is 0 Å². The molecular weight excluding hydrogens is 394 g/mol. The molecule has 0 spiro atoms. The van der Waals surface area contributed by atoms with Crippen LogP contribution in [0.15, 0.2) is 46.9 Å². The molecule has 5 heteroatoms. The molecule has 2 aromatic carbocycles. The van der Waals surface area contributed by atoms with Crippen molar-refractivity contribution in [2.45, 2.75) is 31.1 Å². The number of carbonyl (C=O) groups is 1. The summed E-state index contributed by atoms with van der Waals surface area (Å²) >= 11 is 3.40. The molecule has 1 N–H and O–H groups in total. The van der Waals surface area contributed by atoms with Gasteiger partial charge >= 0.3 is 0 Å². The van der Waals surface area contributed by atoms with Crippen molar-refractivity contribution >= 4 is 21.8 Å². The van der Waals surface area contributed by atoms with Gasteiger partial charge in [0, 0.05) is 22.0 Å². The summed E-state index contributed by atoms with van der Waals surface area (Å²) in [6, 6.07) is 13.5.